The van der Waals surface area contributed by atoms with Crippen molar-refractivity contribution in [1.29, 1.82) is 0 Å². The number of amides is 3. The van der Waals surface area contributed by atoms with E-state index in [0.717, 1.165) is 15.7 Å². The summed E-state index contributed by atoms with van der Waals surface area (Å²) in [6.45, 7) is 5.07. The lowest BCUT2D eigenvalue weighted by Crippen LogP contribution is -2.51. The highest BCUT2D eigenvalue weighted by Crippen LogP contribution is 2.27. The third-order valence-corrected chi connectivity index (χ3v) is 5.65. The van der Waals surface area contributed by atoms with Crippen molar-refractivity contribution in [2.24, 2.45) is 0 Å². The van der Waals surface area contributed by atoms with Crippen LogP contribution in [-0.4, -0.2) is 45.3 Å². The monoisotopic (exact) mass is 519 g/mol. The minimum atomic E-state index is -1.27. The number of phenolic OH excluding ortho intramolecular Hbond substituents is 1. The summed E-state index contributed by atoms with van der Waals surface area (Å²) in [5, 5.41) is 17.0. The Morgan fingerprint density at radius 1 is 1.05 bits per heavy atom. The second kappa shape index (κ2) is 11.7. The van der Waals surface area contributed by atoms with Gasteiger partial charge in [-0.2, -0.15) is 12.6 Å². The van der Waals surface area contributed by atoms with Gasteiger partial charge in [-0.15, -0.1) is 0 Å². The van der Waals surface area contributed by atoms with Gasteiger partial charge in [-0.25, -0.2) is 4.79 Å². The number of phenols is 1. The Hall–Kier alpha value is -4.16. The minimum Gasteiger partial charge on any atom is -0.508 e. The highest BCUT2D eigenvalue weighted by molar-refractivity contribution is 7.80. The highest BCUT2D eigenvalue weighted by atomic mass is 32.1. The predicted molar refractivity (Wildman–Crippen MR) is 146 cm³/mol. The van der Waals surface area contributed by atoms with Gasteiger partial charge in [0.25, 0.3) is 11.8 Å². The van der Waals surface area contributed by atoms with Crippen molar-refractivity contribution in [3.05, 3.63) is 72.3 Å². The molecule has 8 nitrogen and oxygen atoms in total. The molecule has 3 aromatic rings. The number of carbonyl (C=O) groups excluding carboxylic acids is 3. The number of alkyl carbamates (subject to hydrolysis) is 1. The Balaban J connectivity index is 1.92. The predicted octanol–water partition coefficient (Wildman–Crippen LogP) is 4.47. The van der Waals surface area contributed by atoms with Crippen molar-refractivity contribution in [3.8, 4) is 18.2 Å². The molecule has 0 heterocycles. The van der Waals surface area contributed by atoms with Gasteiger partial charge in [-0.1, -0.05) is 48.9 Å². The van der Waals surface area contributed by atoms with Crippen molar-refractivity contribution >= 4 is 47.0 Å². The zero-order valence-corrected chi connectivity index (χ0v) is 21.7. The number of fused-ring (bicyclic) bond motifs is 1. The van der Waals surface area contributed by atoms with Gasteiger partial charge in [0.05, 0.1) is 0 Å². The number of carbonyl (C=O) groups is 3. The van der Waals surface area contributed by atoms with Gasteiger partial charge >= 0.3 is 6.09 Å². The molecule has 3 rings (SSSR count). The Labute approximate surface area is 221 Å². The van der Waals surface area contributed by atoms with Gasteiger partial charge in [-0.3, -0.25) is 14.5 Å². The number of terminal acetylenes is 1. The molecule has 0 aromatic heterocycles. The van der Waals surface area contributed by atoms with E-state index < -0.39 is 35.6 Å². The summed E-state index contributed by atoms with van der Waals surface area (Å²) in [7, 11) is 0. The van der Waals surface area contributed by atoms with Gasteiger partial charge in [0.2, 0.25) is 0 Å². The fourth-order valence-electron chi connectivity index (χ4n) is 3.62. The van der Waals surface area contributed by atoms with E-state index in [9.17, 15) is 19.5 Å². The van der Waals surface area contributed by atoms with E-state index in [1.807, 2.05) is 36.4 Å². The zero-order chi connectivity index (χ0) is 27.2. The molecule has 192 valence electrons. The van der Waals surface area contributed by atoms with E-state index in [4.69, 9.17) is 11.2 Å². The van der Waals surface area contributed by atoms with Crippen LogP contribution >= 0.6 is 12.6 Å². The number of benzene rings is 3. The maximum Gasteiger partial charge on any atom is 0.408 e. The first-order chi connectivity index (χ1) is 17.5. The van der Waals surface area contributed by atoms with E-state index in [1.54, 1.807) is 26.8 Å². The molecule has 2 atom stereocenters. The molecule has 3 N–H and O–H groups in total. The molecule has 2 unspecified atom stereocenters. The molecule has 0 fully saturated rings. The van der Waals surface area contributed by atoms with Crippen LogP contribution in [0.5, 0.6) is 5.75 Å². The third-order valence-electron chi connectivity index (χ3n) is 5.28. The second-order valence-corrected chi connectivity index (χ2v) is 9.63. The first-order valence-corrected chi connectivity index (χ1v) is 12.1. The molecular weight excluding hydrogens is 490 g/mol. The van der Waals surface area contributed by atoms with E-state index in [1.165, 1.54) is 24.3 Å². The summed E-state index contributed by atoms with van der Waals surface area (Å²) in [5.74, 6) is -1.42. The van der Waals surface area contributed by atoms with Crippen molar-refractivity contribution < 1.29 is 24.2 Å². The first-order valence-electron chi connectivity index (χ1n) is 11.5. The summed E-state index contributed by atoms with van der Waals surface area (Å²) >= 11 is 4.19. The maximum atomic E-state index is 13.6. The number of aromatic hydroxyl groups is 1. The Morgan fingerprint density at radius 3 is 2.30 bits per heavy atom. The molecule has 37 heavy (non-hydrogen) atoms. The van der Waals surface area contributed by atoms with E-state index in [2.05, 4.69) is 29.3 Å². The smallest absolute Gasteiger partial charge is 0.408 e. The molecule has 0 spiro atoms. The molecule has 0 aliphatic carbocycles. The van der Waals surface area contributed by atoms with Gasteiger partial charge < -0.3 is 20.5 Å². The fourth-order valence-corrected chi connectivity index (χ4v) is 3.87. The summed E-state index contributed by atoms with van der Waals surface area (Å²) in [6.07, 6.45) is 4.91. The molecule has 0 saturated carbocycles. The van der Waals surface area contributed by atoms with E-state index in [0.29, 0.717) is 11.3 Å². The number of anilines is 1. The Morgan fingerprint density at radius 2 is 1.70 bits per heavy atom. The van der Waals surface area contributed by atoms with Crippen LogP contribution in [0.4, 0.5) is 10.5 Å². The van der Waals surface area contributed by atoms with Crippen molar-refractivity contribution in [3.63, 3.8) is 0 Å². The lowest BCUT2D eigenvalue weighted by molar-refractivity contribution is -0.136. The lowest BCUT2D eigenvalue weighted by Gasteiger charge is -2.30. The Kier molecular flexibility index (Phi) is 8.69. The van der Waals surface area contributed by atoms with Crippen LogP contribution in [0, 0.1) is 12.5 Å². The van der Waals surface area contributed by atoms with Gasteiger partial charge in [-0.05, 0) is 61.4 Å². The maximum absolute atomic E-state index is 13.6. The van der Waals surface area contributed by atoms with Gasteiger partial charge in [0.15, 0.2) is 0 Å². The fraction of sp³-hybridized carbons (Fsp3) is 0.250. The average molecular weight is 520 g/mol. The minimum absolute atomic E-state index is 0.0177. The summed E-state index contributed by atoms with van der Waals surface area (Å²) in [4.78, 5) is 40.2. The second-order valence-electron chi connectivity index (χ2n) is 9.26. The van der Waals surface area contributed by atoms with Crippen LogP contribution in [0.2, 0.25) is 0 Å². The highest BCUT2D eigenvalue weighted by Gasteiger charge is 2.35. The number of hydrogen-bond acceptors (Lipinski definition) is 6. The standard InChI is InChI=1S/C28H29N3O5S/c1-5-31(26(34)23(17-37)30-27(35)36-28(2,3)4)24(19-11-14-22(32)15-12-19)25(33)29-21-13-10-18-8-6-7-9-20(18)16-21/h1,6-16,23-24,32,37H,17H2,2-4H3,(H,29,33)(H,30,35). The van der Waals surface area contributed by atoms with Gasteiger partial charge in [0, 0.05) is 17.5 Å². The number of hydrogen-bond donors (Lipinski definition) is 4. The van der Waals surface area contributed by atoms with Gasteiger partial charge in [0.1, 0.15) is 23.4 Å². The molecule has 9 heteroatoms. The Bertz CT molecular complexity index is 1330. The molecule has 0 bridgehead atoms. The van der Waals surface area contributed by atoms with Crippen LogP contribution in [0.1, 0.15) is 32.4 Å². The molecule has 3 aromatic carbocycles. The lowest BCUT2D eigenvalue weighted by atomic mass is 10.0. The normalized spacial score (nSPS) is 12.6. The number of ether oxygens (including phenoxy) is 1. The molecule has 0 aliphatic rings. The topological polar surface area (TPSA) is 108 Å². The number of nitrogens with zero attached hydrogens (tertiary/aromatic N) is 1. The van der Waals surface area contributed by atoms with Crippen molar-refractivity contribution in [2.45, 2.75) is 38.5 Å². The largest absolute Gasteiger partial charge is 0.508 e. The van der Waals surface area contributed by atoms with E-state index in [-0.39, 0.29) is 11.5 Å². The SMILES string of the molecule is C#CN(C(=O)C(CS)NC(=O)OC(C)(C)C)C(C(=O)Nc1ccc2ccccc2c1)c1ccc(O)cc1. The van der Waals surface area contributed by atoms with E-state index >= 15 is 0 Å². The average Bonchev–Trinajstić information content (AvgIpc) is 2.85. The molecule has 3 amide bonds. The summed E-state index contributed by atoms with van der Waals surface area (Å²) < 4.78 is 5.24. The van der Waals surface area contributed by atoms with Crippen LogP contribution in [0.15, 0.2) is 66.7 Å². The molecular formula is C28H29N3O5S. The number of nitrogens with one attached hydrogen (secondary N) is 2. The first kappa shape index (κ1) is 27.4. The van der Waals surface area contributed by atoms with Crippen LogP contribution in [0.3, 0.4) is 0 Å². The van der Waals surface area contributed by atoms with Crippen LogP contribution in [-0.2, 0) is 14.3 Å². The summed E-state index contributed by atoms with van der Waals surface area (Å²) in [5.41, 5.74) is 0.0843. The number of thiol groups is 1. The number of rotatable bonds is 7. The van der Waals surface area contributed by atoms with Crippen molar-refractivity contribution in [1.82, 2.24) is 10.2 Å². The summed E-state index contributed by atoms with van der Waals surface area (Å²) in [6, 6.07) is 18.7. The third kappa shape index (κ3) is 7.18. The van der Waals surface area contributed by atoms with Crippen LogP contribution < -0.4 is 10.6 Å². The quantitative estimate of drug-likeness (QED) is 0.209. The molecule has 0 radical (unpaired) electrons. The van der Waals surface area contributed by atoms with Crippen LogP contribution in [0.25, 0.3) is 10.8 Å². The van der Waals surface area contributed by atoms with Crippen molar-refractivity contribution in [2.75, 3.05) is 11.1 Å². The molecule has 0 aliphatic heterocycles. The molecule has 0 saturated heterocycles. The zero-order valence-electron chi connectivity index (χ0n) is 20.8.